The van der Waals surface area contributed by atoms with Gasteiger partial charge in [0.2, 0.25) is 0 Å². The molecule has 0 aliphatic carbocycles. The van der Waals surface area contributed by atoms with E-state index in [1.807, 2.05) is 0 Å². The standard InChI is InChI=1S/C18H19F2NO4S2/c1-12-8-15(6-7-16(12)20)27(24,25)18-11-26(22,23)10-17(18)21-9-13-2-4-14(19)5-3-13/h2-8,17-18,21H,9-11H2,1H3/t17-,18-/m1/s1. The van der Waals surface area contributed by atoms with Crippen LogP contribution in [0.5, 0.6) is 0 Å². The van der Waals surface area contributed by atoms with Gasteiger partial charge in [-0.15, -0.1) is 0 Å². The van der Waals surface area contributed by atoms with Crippen molar-refractivity contribution < 1.29 is 25.6 Å². The first-order chi connectivity index (χ1) is 12.6. The molecule has 2 aromatic carbocycles. The Morgan fingerprint density at radius 2 is 1.74 bits per heavy atom. The van der Waals surface area contributed by atoms with Gasteiger partial charge in [-0.25, -0.2) is 25.6 Å². The normalized spacial score (nSPS) is 22.0. The van der Waals surface area contributed by atoms with Crippen LogP contribution in [0.25, 0.3) is 0 Å². The van der Waals surface area contributed by atoms with Crippen molar-refractivity contribution in [2.75, 3.05) is 11.5 Å². The number of aryl methyl sites for hydroxylation is 1. The van der Waals surface area contributed by atoms with E-state index in [1.54, 1.807) is 12.1 Å². The second-order valence-corrected chi connectivity index (χ2v) is 11.0. The number of halogens is 2. The van der Waals surface area contributed by atoms with Gasteiger partial charge in [0.15, 0.2) is 19.7 Å². The average molecular weight is 415 g/mol. The maximum absolute atomic E-state index is 13.5. The third-order valence-electron chi connectivity index (χ3n) is 4.64. The van der Waals surface area contributed by atoms with E-state index >= 15 is 0 Å². The van der Waals surface area contributed by atoms with Crippen LogP contribution in [0, 0.1) is 18.6 Å². The maximum Gasteiger partial charge on any atom is 0.183 e. The second-order valence-electron chi connectivity index (χ2n) is 6.69. The molecule has 1 saturated heterocycles. The molecular weight excluding hydrogens is 396 g/mol. The fourth-order valence-corrected chi connectivity index (χ4v) is 7.93. The van der Waals surface area contributed by atoms with Gasteiger partial charge in [0, 0.05) is 12.6 Å². The first-order valence-corrected chi connectivity index (χ1v) is 11.6. The zero-order valence-corrected chi connectivity index (χ0v) is 16.2. The molecule has 1 aliphatic rings. The summed E-state index contributed by atoms with van der Waals surface area (Å²) in [7, 11) is -7.52. The third kappa shape index (κ3) is 4.36. The molecule has 0 aromatic heterocycles. The number of rotatable bonds is 5. The van der Waals surface area contributed by atoms with Crippen LogP contribution in [-0.2, 0) is 26.2 Å². The fourth-order valence-electron chi connectivity index (χ4n) is 3.13. The van der Waals surface area contributed by atoms with Crippen molar-refractivity contribution in [3.63, 3.8) is 0 Å². The van der Waals surface area contributed by atoms with Crippen LogP contribution >= 0.6 is 0 Å². The van der Waals surface area contributed by atoms with Crippen molar-refractivity contribution in [1.82, 2.24) is 5.32 Å². The van der Waals surface area contributed by atoms with E-state index in [-0.39, 0.29) is 22.8 Å². The SMILES string of the molecule is Cc1cc(S(=O)(=O)[C@@H]2CS(=O)(=O)C[C@H]2NCc2ccc(F)cc2)ccc1F. The quantitative estimate of drug-likeness (QED) is 0.756. The van der Waals surface area contributed by atoms with Gasteiger partial charge in [-0.2, -0.15) is 0 Å². The van der Waals surface area contributed by atoms with Crippen LogP contribution in [0.2, 0.25) is 0 Å². The van der Waals surface area contributed by atoms with Crippen molar-refractivity contribution in [1.29, 1.82) is 0 Å². The van der Waals surface area contributed by atoms with E-state index in [9.17, 15) is 25.6 Å². The molecule has 0 radical (unpaired) electrons. The van der Waals surface area contributed by atoms with E-state index in [0.29, 0.717) is 5.56 Å². The van der Waals surface area contributed by atoms with Gasteiger partial charge in [-0.3, -0.25) is 0 Å². The van der Waals surface area contributed by atoms with Crippen LogP contribution in [-0.4, -0.2) is 39.6 Å². The highest BCUT2D eigenvalue weighted by atomic mass is 32.2. The lowest BCUT2D eigenvalue weighted by Crippen LogP contribution is -2.43. The lowest BCUT2D eigenvalue weighted by Gasteiger charge is -2.20. The van der Waals surface area contributed by atoms with Gasteiger partial charge in [0.05, 0.1) is 21.7 Å². The fraction of sp³-hybridized carbons (Fsp3) is 0.333. The lowest BCUT2D eigenvalue weighted by atomic mass is 10.2. The summed E-state index contributed by atoms with van der Waals surface area (Å²) in [5.74, 6) is -1.72. The Morgan fingerprint density at radius 1 is 1.07 bits per heavy atom. The highest BCUT2D eigenvalue weighted by molar-refractivity contribution is 7.96. The summed E-state index contributed by atoms with van der Waals surface area (Å²) in [4.78, 5) is -0.0999. The Hall–Kier alpha value is -1.84. The molecule has 2 atom stereocenters. The largest absolute Gasteiger partial charge is 0.308 e. The predicted octanol–water partition coefficient (Wildman–Crippen LogP) is 2.00. The summed E-state index contributed by atoms with van der Waals surface area (Å²) in [5.41, 5.74) is 0.877. The first kappa shape index (κ1) is 19.9. The Balaban J connectivity index is 1.86. The molecule has 27 heavy (non-hydrogen) atoms. The van der Waals surface area contributed by atoms with Crippen LogP contribution in [0.4, 0.5) is 8.78 Å². The third-order valence-corrected chi connectivity index (χ3v) is 8.79. The summed E-state index contributed by atoms with van der Waals surface area (Å²) in [6.45, 7) is 1.65. The summed E-state index contributed by atoms with van der Waals surface area (Å²) in [6.07, 6.45) is 0. The van der Waals surface area contributed by atoms with Crippen LogP contribution in [0.15, 0.2) is 47.4 Å². The minimum atomic E-state index is -3.98. The number of hydrogen-bond donors (Lipinski definition) is 1. The molecule has 146 valence electrons. The molecule has 2 aromatic rings. The molecule has 1 fully saturated rings. The minimum absolute atomic E-state index is 0.0999. The first-order valence-electron chi connectivity index (χ1n) is 8.27. The van der Waals surface area contributed by atoms with E-state index in [0.717, 1.165) is 12.1 Å². The average Bonchev–Trinajstić information content (AvgIpc) is 2.92. The molecular formula is C18H19F2NO4S2. The molecule has 0 saturated carbocycles. The molecule has 1 aliphatic heterocycles. The van der Waals surface area contributed by atoms with Gasteiger partial charge < -0.3 is 5.32 Å². The second kappa shape index (κ2) is 7.29. The molecule has 0 bridgehead atoms. The van der Waals surface area contributed by atoms with E-state index in [2.05, 4.69) is 5.32 Å². The summed E-state index contributed by atoms with van der Waals surface area (Å²) < 4.78 is 76.6. The topological polar surface area (TPSA) is 80.3 Å². The highest BCUT2D eigenvalue weighted by Crippen LogP contribution is 2.27. The Labute approximate surface area is 157 Å². The van der Waals surface area contributed by atoms with Gasteiger partial charge in [-0.05, 0) is 48.4 Å². The van der Waals surface area contributed by atoms with E-state index < -0.39 is 48.4 Å². The van der Waals surface area contributed by atoms with Crippen LogP contribution in [0.3, 0.4) is 0 Å². The Morgan fingerprint density at radius 3 is 2.37 bits per heavy atom. The predicted molar refractivity (Wildman–Crippen MR) is 97.8 cm³/mol. The molecule has 0 unspecified atom stereocenters. The molecule has 1 N–H and O–H groups in total. The van der Waals surface area contributed by atoms with Crippen LogP contribution in [0.1, 0.15) is 11.1 Å². The van der Waals surface area contributed by atoms with Crippen molar-refractivity contribution in [2.45, 2.75) is 29.7 Å². The molecule has 9 heteroatoms. The smallest absolute Gasteiger partial charge is 0.183 e. The molecule has 1 heterocycles. The van der Waals surface area contributed by atoms with Gasteiger partial charge >= 0.3 is 0 Å². The lowest BCUT2D eigenvalue weighted by molar-refractivity contribution is 0.525. The molecule has 5 nitrogen and oxygen atoms in total. The van der Waals surface area contributed by atoms with E-state index in [4.69, 9.17) is 0 Å². The summed E-state index contributed by atoms with van der Waals surface area (Å²) in [5, 5.41) is 1.80. The summed E-state index contributed by atoms with van der Waals surface area (Å²) >= 11 is 0. The summed E-state index contributed by atoms with van der Waals surface area (Å²) in [6, 6.07) is 8.25. The molecule has 3 rings (SSSR count). The van der Waals surface area contributed by atoms with Crippen molar-refractivity contribution >= 4 is 19.7 Å². The van der Waals surface area contributed by atoms with Crippen LogP contribution < -0.4 is 5.32 Å². The van der Waals surface area contributed by atoms with Crippen molar-refractivity contribution in [3.8, 4) is 0 Å². The van der Waals surface area contributed by atoms with Gasteiger partial charge in [0.1, 0.15) is 11.6 Å². The minimum Gasteiger partial charge on any atom is -0.308 e. The highest BCUT2D eigenvalue weighted by Gasteiger charge is 2.45. The number of sulfone groups is 2. The Bertz CT molecular complexity index is 1050. The van der Waals surface area contributed by atoms with E-state index in [1.165, 1.54) is 25.1 Å². The van der Waals surface area contributed by atoms with Crippen molar-refractivity contribution in [2.24, 2.45) is 0 Å². The number of nitrogens with one attached hydrogen (secondary N) is 1. The molecule has 0 spiro atoms. The van der Waals surface area contributed by atoms with Crippen molar-refractivity contribution in [3.05, 3.63) is 65.2 Å². The number of hydrogen-bond acceptors (Lipinski definition) is 5. The van der Waals surface area contributed by atoms with Gasteiger partial charge in [-0.1, -0.05) is 12.1 Å². The maximum atomic E-state index is 13.5. The number of benzene rings is 2. The zero-order chi connectivity index (χ0) is 19.8. The van der Waals surface area contributed by atoms with Gasteiger partial charge in [0.25, 0.3) is 0 Å². The monoisotopic (exact) mass is 415 g/mol. The zero-order valence-electron chi connectivity index (χ0n) is 14.5. The Kier molecular flexibility index (Phi) is 5.38. The molecule has 0 amide bonds.